The fourth-order valence-electron chi connectivity index (χ4n) is 3.77. The van der Waals surface area contributed by atoms with Gasteiger partial charge in [0, 0.05) is 29.4 Å². The zero-order chi connectivity index (χ0) is 22.7. The molecule has 0 aliphatic carbocycles. The molecular weight excluding hydrogens is 464 g/mol. The Morgan fingerprint density at radius 2 is 2.16 bits per heavy atom. The zero-order valence-electron chi connectivity index (χ0n) is 18.5. The second kappa shape index (κ2) is 10.5. The molecule has 3 aromatic heterocycles. The van der Waals surface area contributed by atoms with Crippen LogP contribution in [-0.4, -0.2) is 58.9 Å². The molecule has 3 aromatic rings. The Hall–Kier alpha value is -1.72. The molecule has 2 N–H and O–H groups in total. The number of aromatic amines is 1. The van der Waals surface area contributed by atoms with Crippen LogP contribution in [0.4, 0.5) is 0 Å². The summed E-state index contributed by atoms with van der Waals surface area (Å²) in [7, 11) is 0. The number of carbonyl (C=O) groups is 1. The highest BCUT2D eigenvalue weighted by atomic mass is 32.2. The van der Waals surface area contributed by atoms with E-state index in [0.717, 1.165) is 41.6 Å². The number of hydrogen-bond acceptors (Lipinski definition) is 8. The Labute approximate surface area is 199 Å². The predicted molar refractivity (Wildman–Crippen MR) is 133 cm³/mol. The molecule has 172 valence electrons. The number of carbonyl (C=O) groups excluding carboxylic acids is 1. The molecule has 0 aromatic carbocycles. The van der Waals surface area contributed by atoms with Crippen LogP contribution in [0.25, 0.3) is 10.2 Å². The van der Waals surface area contributed by atoms with Crippen LogP contribution in [0.2, 0.25) is 0 Å². The van der Waals surface area contributed by atoms with Crippen molar-refractivity contribution in [2.24, 2.45) is 0 Å². The third-order valence-corrected chi connectivity index (χ3v) is 8.98. The van der Waals surface area contributed by atoms with Gasteiger partial charge in [-0.3, -0.25) is 14.5 Å². The summed E-state index contributed by atoms with van der Waals surface area (Å²) in [5.41, 5.74) is 0.889. The Balaban J connectivity index is 1.35. The molecule has 0 radical (unpaired) electrons. The minimum Gasteiger partial charge on any atom is -0.379 e. The van der Waals surface area contributed by atoms with Gasteiger partial charge in [-0.1, -0.05) is 6.07 Å². The Bertz CT molecular complexity index is 1120. The van der Waals surface area contributed by atoms with Crippen LogP contribution in [0.1, 0.15) is 34.1 Å². The van der Waals surface area contributed by atoms with Gasteiger partial charge in [-0.05, 0) is 37.8 Å². The Kier molecular flexibility index (Phi) is 7.67. The average molecular weight is 493 g/mol. The quantitative estimate of drug-likeness (QED) is 0.501. The smallest absolute Gasteiger partial charge is 0.259 e. The minimum absolute atomic E-state index is 0.00365. The third-order valence-electron chi connectivity index (χ3n) is 5.76. The molecule has 32 heavy (non-hydrogen) atoms. The molecule has 0 spiro atoms. The molecule has 4 rings (SSSR count). The van der Waals surface area contributed by atoms with Gasteiger partial charge in [0.2, 0.25) is 5.91 Å². The largest absolute Gasteiger partial charge is 0.379 e. The molecule has 0 saturated carbocycles. The average Bonchev–Trinajstić information content (AvgIpc) is 3.41. The predicted octanol–water partition coefficient (Wildman–Crippen LogP) is 3.47. The van der Waals surface area contributed by atoms with E-state index in [9.17, 15) is 9.59 Å². The molecule has 1 fully saturated rings. The molecule has 2 atom stereocenters. The SMILES string of the molecule is Cc1sc2nc(CS[C@H](C)C(=O)NC[C@H](c3cccs3)N3CCOCC3)[nH]c(=O)c2c1C. The van der Waals surface area contributed by atoms with E-state index in [-0.39, 0.29) is 22.8 Å². The highest BCUT2D eigenvalue weighted by Crippen LogP contribution is 2.27. The number of fused-ring (bicyclic) bond motifs is 1. The van der Waals surface area contributed by atoms with Crippen molar-refractivity contribution in [3.05, 3.63) is 49.0 Å². The lowest BCUT2D eigenvalue weighted by Crippen LogP contribution is -2.44. The summed E-state index contributed by atoms with van der Waals surface area (Å²) in [6, 6.07) is 4.33. The Morgan fingerprint density at radius 3 is 2.88 bits per heavy atom. The summed E-state index contributed by atoms with van der Waals surface area (Å²) in [5, 5.41) is 5.63. The lowest BCUT2D eigenvalue weighted by Gasteiger charge is -2.34. The first kappa shape index (κ1) is 23.4. The van der Waals surface area contributed by atoms with E-state index in [0.29, 0.717) is 23.5 Å². The van der Waals surface area contributed by atoms with Crippen molar-refractivity contribution < 1.29 is 9.53 Å². The van der Waals surface area contributed by atoms with Gasteiger partial charge in [-0.15, -0.1) is 34.4 Å². The van der Waals surface area contributed by atoms with Gasteiger partial charge >= 0.3 is 0 Å². The maximum atomic E-state index is 12.8. The summed E-state index contributed by atoms with van der Waals surface area (Å²) in [4.78, 5) is 38.2. The van der Waals surface area contributed by atoms with Crippen molar-refractivity contribution in [3.8, 4) is 0 Å². The van der Waals surface area contributed by atoms with E-state index in [1.54, 1.807) is 11.3 Å². The number of rotatable bonds is 8. The summed E-state index contributed by atoms with van der Waals surface area (Å²) >= 11 is 4.74. The summed E-state index contributed by atoms with van der Waals surface area (Å²) in [5.74, 6) is 1.09. The van der Waals surface area contributed by atoms with Crippen molar-refractivity contribution in [1.82, 2.24) is 20.2 Å². The number of thioether (sulfide) groups is 1. The van der Waals surface area contributed by atoms with Gasteiger partial charge < -0.3 is 15.0 Å². The molecule has 1 saturated heterocycles. The minimum atomic E-state index is -0.253. The van der Waals surface area contributed by atoms with Gasteiger partial charge in [-0.2, -0.15) is 0 Å². The molecule has 0 bridgehead atoms. The summed E-state index contributed by atoms with van der Waals surface area (Å²) < 4.78 is 5.49. The van der Waals surface area contributed by atoms with E-state index in [4.69, 9.17) is 4.74 Å². The number of nitrogens with one attached hydrogen (secondary N) is 2. The molecule has 1 aliphatic rings. The van der Waals surface area contributed by atoms with Crippen LogP contribution in [0.3, 0.4) is 0 Å². The van der Waals surface area contributed by atoms with Crippen LogP contribution in [0.5, 0.6) is 0 Å². The highest BCUT2D eigenvalue weighted by molar-refractivity contribution is 7.99. The van der Waals surface area contributed by atoms with Crippen LogP contribution < -0.4 is 10.9 Å². The first-order valence-corrected chi connectivity index (χ1v) is 13.4. The second-order valence-corrected chi connectivity index (χ2v) is 11.4. The highest BCUT2D eigenvalue weighted by Gasteiger charge is 2.25. The first-order valence-electron chi connectivity index (χ1n) is 10.7. The van der Waals surface area contributed by atoms with Gasteiger partial charge in [0.1, 0.15) is 10.7 Å². The molecular formula is C22H28N4O3S3. The van der Waals surface area contributed by atoms with Crippen molar-refractivity contribution in [2.75, 3.05) is 32.8 Å². The normalized spacial score (nSPS) is 16.8. The number of nitrogens with zero attached hydrogens (tertiary/aromatic N) is 2. The number of ether oxygens (including phenoxy) is 1. The molecule has 4 heterocycles. The van der Waals surface area contributed by atoms with Crippen molar-refractivity contribution >= 4 is 50.6 Å². The molecule has 10 heteroatoms. The fraction of sp³-hybridized carbons (Fsp3) is 0.500. The van der Waals surface area contributed by atoms with Crippen LogP contribution >= 0.6 is 34.4 Å². The Morgan fingerprint density at radius 1 is 1.38 bits per heavy atom. The lowest BCUT2D eigenvalue weighted by atomic mass is 10.2. The number of morpholine rings is 1. The summed E-state index contributed by atoms with van der Waals surface area (Å²) in [6.45, 7) is 9.60. The molecule has 7 nitrogen and oxygen atoms in total. The fourth-order valence-corrected chi connectivity index (χ4v) is 6.46. The van der Waals surface area contributed by atoms with E-state index in [1.807, 2.05) is 20.8 Å². The standard InChI is InChI=1S/C22H28N4O3S3/c1-13-14(2)32-22-19(13)21(28)24-18(25-22)12-31-15(3)20(27)23-11-16(17-5-4-10-30-17)26-6-8-29-9-7-26/h4-5,10,15-16H,6-9,11-12H2,1-3H3,(H,23,27)(H,24,25,28)/t15-,16-/m1/s1. The monoisotopic (exact) mass is 492 g/mol. The number of H-pyrrole nitrogens is 1. The van der Waals surface area contributed by atoms with E-state index >= 15 is 0 Å². The van der Waals surface area contributed by atoms with Crippen LogP contribution in [0, 0.1) is 13.8 Å². The van der Waals surface area contributed by atoms with Gasteiger partial charge in [0.15, 0.2) is 0 Å². The van der Waals surface area contributed by atoms with E-state index in [1.165, 1.54) is 28.0 Å². The number of amides is 1. The van der Waals surface area contributed by atoms with Crippen LogP contribution in [-0.2, 0) is 15.3 Å². The van der Waals surface area contributed by atoms with Gasteiger partial charge in [0.05, 0.1) is 35.6 Å². The van der Waals surface area contributed by atoms with Gasteiger partial charge in [-0.25, -0.2) is 4.98 Å². The molecule has 0 unspecified atom stereocenters. The van der Waals surface area contributed by atoms with E-state index in [2.05, 4.69) is 37.7 Å². The molecule has 1 aliphatic heterocycles. The lowest BCUT2D eigenvalue weighted by molar-refractivity contribution is -0.120. The zero-order valence-corrected chi connectivity index (χ0v) is 20.9. The van der Waals surface area contributed by atoms with Crippen molar-refractivity contribution in [3.63, 3.8) is 0 Å². The number of aromatic nitrogens is 2. The maximum Gasteiger partial charge on any atom is 0.259 e. The van der Waals surface area contributed by atoms with Crippen molar-refractivity contribution in [1.29, 1.82) is 0 Å². The first-order chi connectivity index (χ1) is 15.4. The number of aryl methyl sites for hydroxylation is 2. The third kappa shape index (κ3) is 5.26. The van der Waals surface area contributed by atoms with E-state index < -0.39 is 0 Å². The van der Waals surface area contributed by atoms with Crippen molar-refractivity contribution in [2.45, 2.75) is 37.8 Å². The summed E-state index contributed by atoms with van der Waals surface area (Å²) in [6.07, 6.45) is 0. The number of thiophene rings is 2. The second-order valence-electron chi connectivity index (χ2n) is 7.85. The molecule has 1 amide bonds. The topological polar surface area (TPSA) is 87.3 Å². The van der Waals surface area contributed by atoms with Crippen LogP contribution in [0.15, 0.2) is 22.3 Å². The number of hydrogen-bond donors (Lipinski definition) is 2. The maximum absolute atomic E-state index is 12.8. The van der Waals surface area contributed by atoms with Gasteiger partial charge in [0.25, 0.3) is 5.56 Å².